The van der Waals surface area contributed by atoms with Crippen molar-refractivity contribution in [1.29, 1.82) is 0 Å². The van der Waals surface area contributed by atoms with E-state index in [9.17, 15) is 0 Å². The Morgan fingerprint density at radius 2 is 1.00 bits per heavy atom. The molecule has 0 radical (unpaired) electrons. The van der Waals surface area contributed by atoms with Crippen LogP contribution in [0.25, 0.3) is 65.4 Å². The predicted molar refractivity (Wildman–Crippen MR) is 186 cm³/mol. The van der Waals surface area contributed by atoms with E-state index in [0.29, 0.717) is 0 Å². The van der Waals surface area contributed by atoms with Gasteiger partial charge in [-0.25, -0.2) is 0 Å². The summed E-state index contributed by atoms with van der Waals surface area (Å²) >= 11 is 0. The molecule has 2 nitrogen and oxygen atoms in total. The summed E-state index contributed by atoms with van der Waals surface area (Å²) in [7, 11) is 0. The van der Waals surface area contributed by atoms with Gasteiger partial charge in [0.1, 0.15) is 5.58 Å². The van der Waals surface area contributed by atoms with Crippen molar-refractivity contribution in [2.45, 2.75) is 0 Å². The van der Waals surface area contributed by atoms with Crippen molar-refractivity contribution in [3.05, 3.63) is 164 Å². The fraction of sp³-hybridized carbons (Fsp3) is 0. The molecule has 1 aromatic heterocycles. The quantitative estimate of drug-likeness (QED) is 0.199. The van der Waals surface area contributed by atoms with E-state index in [1.54, 1.807) is 0 Å². The lowest BCUT2D eigenvalue weighted by molar-refractivity contribution is 0.669. The summed E-state index contributed by atoms with van der Waals surface area (Å²) in [4.78, 5) is 2.36. The van der Waals surface area contributed by atoms with Crippen molar-refractivity contribution in [3.63, 3.8) is 0 Å². The first-order valence-corrected chi connectivity index (χ1v) is 15.0. The van der Waals surface area contributed by atoms with Gasteiger partial charge in [-0.3, -0.25) is 0 Å². The molecular weight excluding hydrogens is 534 g/mol. The zero-order valence-electron chi connectivity index (χ0n) is 23.9. The van der Waals surface area contributed by atoms with Gasteiger partial charge in [0.15, 0.2) is 5.58 Å². The number of nitrogens with zero attached hydrogens (tertiary/aromatic N) is 1. The fourth-order valence-electron chi connectivity index (χ4n) is 6.71. The molecule has 9 aromatic rings. The third kappa shape index (κ3) is 3.89. The van der Waals surface area contributed by atoms with Crippen LogP contribution in [-0.2, 0) is 0 Å². The summed E-state index contributed by atoms with van der Waals surface area (Å²) in [5, 5.41) is 9.61. The van der Waals surface area contributed by atoms with Crippen LogP contribution >= 0.6 is 0 Å². The largest absolute Gasteiger partial charge is 0.454 e. The maximum absolute atomic E-state index is 6.60. The highest BCUT2D eigenvalue weighted by molar-refractivity contribution is 6.16. The molecular formula is C42H27NO. The van der Waals surface area contributed by atoms with Gasteiger partial charge in [-0.05, 0) is 74.5 Å². The molecule has 0 amide bonds. The minimum Gasteiger partial charge on any atom is -0.454 e. The molecule has 0 spiro atoms. The number of hydrogen-bond donors (Lipinski definition) is 0. The summed E-state index contributed by atoms with van der Waals surface area (Å²) in [6, 6.07) is 58.6. The average molecular weight is 562 g/mol. The smallest absolute Gasteiger partial charge is 0.159 e. The molecule has 0 saturated heterocycles. The summed E-state index contributed by atoms with van der Waals surface area (Å²) in [6.07, 6.45) is 0. The maximum atomic E-state index is 6.60. The third-order valence-corrected chi connectivity index (χ3v) is 8.82. The van der Waals surface area contributed by atoms with Gasteiger partial charge < -0.3 is 9.32 Å². The zero-order valence-corrected chi connectivity index (χ0v) is 23.9. The van der Waals surface area contributed by atoms with Crippen molar-refractivity contribution < 1.29 is 4.42 Å². The standard InChI is InChI=1S/C42H27NO/c1-2-11-30-26-31(21-20-28(30)10-1)29-22-24-33(25-23-29)43(39-18-9-17-38-37-16-7-8-19-41(37)44-42(38)39)40-27-32-12-3-4-13-34(32)35-14-5-6-15-36(35)40/h1-27H. The Kier molecular flexibility index (Phi) is 5.54. The van der Waals surface area contributed by atoms with Crippen molar-refractivity contribution in [2.24, 2.45) is 0 Å². The second kappa shape index (κ2) is 9.86. The van der Waals surface area contributed by atoms with E-state index in [1.165, 1.54) is 43.4 Å². The van der Waals surface area contributed by atoms with Gasteiger partial charge in [-0.2, -0.15) is 0 Å². The molecule has 0 atom stereocenters. The van der Waals surface area contributed by atoms with Crippen LogP contribution in [0, 0.1) is 0 Å². The first-order chi connectivity index (χ1) is 21.8. The van der Waals surface area contributed by atoms with E-state index in [1.807, 2.05) is 12.1 Å². The van der Waals surface area contributed by atoms with Crippen LogP contribution in [0.3, 0.4) is 0 Å². The Bertz CT molecular complexity index is 2500. The number of benzene rings is 8. The van der Waals surface area contributed by atoms with Crippen LogP contribution in [0.5, 0.6) is 0 Å². The lowest BCUT2D eigenvalue weighted by Crippen LogP contribution is -2.11. The molecule has 0 unspecified atom stereocenters. The van der Waals surface area contributed by atoms with E-state index in [4.69, 9.17) is 4.42 Å². The first kappa shape index (κ1) is 24.7. The maximum Gasteiger partial charge on any atom is 0.159 e. The highest BCUT2D eigenvalue weighted by Gasteiger charge is 2.22. The number of para-hydroxylation sites is 2. The van der Waals surface area contributed by atoms with Crippen LogP contribution in [0.15, 0.2) is 168 Å². The number of rotatable bonds is 4. The van der Waals surface area contributed by atoms with Gasteiger partial charge in [0.25, 0.3) is 0 Å². The molecule has 0 N–H and O–H groups in total. The molecule has 9 rings (SSSR count). The SMILES string of the molecule is c1ccc2cc(-c3ccc(N(c4cc5ccccc5c5ccccc45)c4cccc5c4oc4ccccc45)cc3)ccc2c1. The number of hydrogen-bond acceptors (Lipinski definition) is 2. The lowest BCUT2D eigenvalue weighted by atomic mass is 9.98. The van der Waals surface area contributed by atoms with Crippen LogP contribution in [0.2, 0.25) is 0 Å². The molecule has 2 heteroatoms. The number of fused-ring (bicyclic) bond motifs is 7. The minimum atomic E-state index is 0.879. The Morgan fingerprint density at radius 3 is 1.84 bits per heavy atom. The van der Waals surface area contributed by atoms with E-state index in [0.717, 1.165) is 39.0 Å². The van der Waals surface area contributed by atoms with E-state index < -0.39 is 0 Å². The van der Waals surface area contributed by atoms with E-state index in [-0.39, 0.29) is 0 Å². The zero-order chi connectivity index (χ0) is 29.0. The summed E-state index contributed by atoms with van der Waals surface area (Å²) in [5.41, 5.74) is 7.36. The monoisotopic (exact) mass is 561 g/mol. The molecule has 0 saturated carbocycles. The first-order valence-electron chi connectivity index (χ1n) is 15.0. The van der Waals surface area contributed by atoms with Gasteiger partial charge in [0.2, 0.25) is 0 Å². The predicted octanol–water partition coefficient (Wildman–Crippen LogP) is 12.2. The topological polar surface area (TPSA) is 16.4 Å². The van der Waals surface area contributed by atoms with Crippen molar-refractivity contribution in [2.75, 3.05) is 4.90 Å². The Balaban J connectivity index is 1.29. The highest BCUT2D eigenvalue weighted by Crippen LogP contribution is 2.46. The van der Waals surface area contributed by atoms with Gasteiger partial charge in [-0.1, -0.05) is 127 Å². The summed E-state index contributed by atoms with van der Waals surface area (Å²) in [6.45, 7) is 0. The second-order valence-corrected chi connectivity index (χ2v) is 11.4. The van der Waals surface area contributed by atoms with Gasteiger partial charge in [-0.15, -0.1) is 0 Å². The molecule has 0 fully saturated rings. The van der Waals surface area contributed by atoms with Gasteiger partial charge >= 0.3 is 0 Å². The van der Waals surface area contributed by atoms with Gasteiger partial charge in [0.05, 0.1) is 11.4 Å². The minimum absolute atomic E-state index is 0.879. The third-order valence-electron chi connectivity index (χ3n) is 8.82. The molecule has 44 heavy (non-hydrogen) atoms. The average Bonchev–Trinajstić information content (AvgIpc) is 3.48. The highest BCUT2D eigenvalue weighted by atomic mass is 16.3. The molecule has 0 aliphatic heterocycles. The number of furan rings is 1. The Hall–Kier alpha value is -5.86. The van der Waals surface area contributed by atoms with Crippen molar-refractivity contribution in [1.82, 2.24) is 0 Å². The van der Waals surface area contributed by atoms with Crippen molar-refractivity contribution in [3.8, 4) is 11.1 Å². The molecule has 0 aliphatic rings. The van der Waals surface area contributed by atoms with E-state index >= 15 is 0 Å². The Morgan fingerprint density at radius 1 is 0.364 bits per heavy atom. The van der Waals surface area contributed by atoms with Crippen LogP contribution in [-0.4, -0.2) is 0 Å². The summed E-state index contributed by atoms with van der Waals surface area (Å²) < 4.78 is 6.60. The van der Waals surface area contributed by atoms with Crippen LogP contribution in [0.4, 0.5) is 17.1 Å². The Labute approximate surface area is 255 Å². The number of anilines is 3. The van der Waals surface area contributed by atoms with Crippen LogP contribution in [0.1, 0.15) is 0 Å². The summed E-state index contributed by atoms with van der Waals surface area (Å²) in [5.74, 6) is 0. The molecule has 0 bridgehead atoms. The second-order valence-electron chi connectivity index (χ2n) is 11.4. The molecule has 0 aliphatic carbocycles. The molecule has 206 valence electrons. The van der Waals surface area contributed by atoms with Gasteiger partial charge in [0, 0.05) is 21.8 Å². The van der Waals surface area contributed by atoms with E-state index in [2.05, 4.69) is 157 Å². The lowest BCUT2D eigenvalue weighted by Gasteiger charge is -2.27. The fourth-order valence-corrected chi connectivity index (χ4v) is 6.71. The van der Waals surface area contributed by atoms with Crippen molar-refractivity contribution >= 4 is 71.3 Å². The normalized spacial score (nSPS) is 11.6. The molecule has 1 heterocycles. The molecule has 8 aromatic carbocycles. The van der Waals surface area contributed by atoms with Crippen LogP contribution < -0.4 is 4.90 Å².